The van der Waals surface area contributed by atoms with E-state index in [1.807, 2.05) is 26.0 Å². The number of methoxy groups -OCH3 is 1. The minimum Gasteiger partial charge on any atom is -0.408 e. The van der Waals surface area contributed by atoms with Gasteiger partial charge in [-0.2, -0.15) is 0 Å². The summed E-state index contributed by atoms with van der Waals surface area (Å²) in [5.74, 6) is -1.02. The molecule has 29 heavy (non-hydrogen) atoms. The number of rotatable bonds is 7. The lowest BCUT2D eigenvalue weighted by atomic mass is 10.1. The monoisotopic (exact) mass is 397 g/mol. The molecular formula is C21H23N3O5. The molecule has 8 heteroatoms. The molecule has 0 atom stereocenters. The summed E-state index contributed by atoms with van der Waals surface area (Å²) in [5.41, 5.74) is 4.16. The molecule has 0 aliphatic heterocycles. The van der Waals surface area contributed by atoms with Gasteiger partial charge in [0.25, 0.3) is 0 Å². The Balaban J connectivity index is 1.68. The summed E-state index contributed by atoms with van der Waals surface area (Å²) in [6.07, 6.45) is 0.0994. The fourth-order valence-corrected chi connectivity index (χ4v) is 2.97. The molecule has 3 rings (SSSR count). The van der Waals surface area contributed by atoms with Crippen molar-refractivity contribution in [2.45, 2.75) is 26.8 Å². The Morgan fingerprint density at radius 3 is 2.62 bits per heavy atom. The van der Waals surface area contributed by atoms with Crippen LogP contribution in [0, 0.1) is 13.8 Å². The molecule has 152 valence electrons. The first-order valence-electron chi connectivity index (χ1n) is 9.16. The van der Waals surface area contributed by atoms with E-state index in [0.29, 0.717) is 22.5 Å². The number of aryl methyl sites for hydroxylation is 3. The number of aromatic nitrogens is 1. The number of oxazole rings is 1. The van der Waals surface area contributed by atoms with Gasteiger partial charge < -0.3 is 19.8 Å². The number of nitrogens with zero attached hydrogens (tertiary/aromatic N) is 1. The summed E-state index contributed by atoms with van der Waals surface area (Å²) < 4.78 is 11.5. The van der Waals surface area contributed by atoms with Crippen molar-refractivity contribution < 1.29 is 18.7 Å². The molecular weight excluding hydrogens is 374 g/mol. The first kappa shape index (κ1) is 20.3. The molecule has 0 saturated carbocycles. The number of carbonyl (C=O) groups is 2. The van der Waals surface area contributed by atoms with Crippen molar-refractivity contribution in [3.8, 4) is 0 Å². The van der Waals surface area contributed by atoms with E-state index < -0.39 is 5.76 Å². The number of benzene rings is 2. The second kappa shape index (κ2) is 8.74. The maximum Gasteiger partial charge on any atom is 0.419 e. The van der Waals surface area contributed by atoms with E-state index in [0.717, 1.165) is 11.1 Å². The van der Waals surface area contributed by atoms with E-state index in [4.69, 9.17) is 9.15 Å². The normalized spacial score (nSPS) is 10.9. The van der Waals surface area contributed by atoms with Crippen LogP contribution >= 0.6 is 0 Å². The van der Waals surface area contributed by atoms with Gasteiger partial charge in [-0.1, -0.05) is 12.1 Å². The molecule has 0 bridgehead atoms. The summed E-state index contributed by atoms with van der Waals surface area (Å²) in [6, 6.07) is 10.7. The predicted octanol–water partition coefficient (Wildman–Crippen LogP) is 2.83. The standard InChI is InChI=1S/C21H23N3O5/c1-13-4-7-18-17(10-13)24(21(27)29-18)9-8-19(25)23-16-11-15(6-5-14(16)2)22-20(26)12-28-3/h4-7,10-11H,8-9,12H2,1-3H3,(H,22,26)(H,23,25). The van der Waals surface area contributed by atoms with Crippen LogP contribution in [-0.4, -0.2) is 30.1 Å². The van der Waals surface area contributed by atoms with Gasteiger partial charge in [0, 0.05) is 31.5 Å². The third-order valence-electron chi connectivity index (χ3n) is 4.46. The van der Waals surface area contributed by atoms with Gasteiger partial charge in [0.1, 0.15) is 6.61 Å². The molecule has 0 saturated heterocycles. The molecule has 0 radical (unpaired) electrons. The van der Waals surface area contributed by atoms with Gasteiger partial charge in [-0.25, -0.2) is 4.79 Å². The highest BCUT2D eigenvalue weighted by molar-refractivity contribution is 5.95. The Bertz CT molecular complexity index is 1110. The van der Waals surface area contributed by atoms with E-state index in [1.165, 1.54) is 11.7 Å². The van der Waals surface area contributed by atoms with E-state index in [2.05, 4.69) is 10.6 Å². The molecule has 0 fully saturated rings. The SMILES string of the molecule is COCC(=O)Nc1ccc(C)c(NC(=O)CCn2c(=O)oc3ccc(C)cc32)c1. The lowest BCUT2D eigenvalue weighted by Gasteiger charge is -2.12. The zero-order chi connectivity index (χ0) is 21.0. The van der Waals surface area contributed by atoms with Crippen LogP contribution < -0.4 is 16.4 Å². The van der Waals surface area contributed by atoms with Crippen LogP contribution in [0.3, 0.4) is 0 Å². The number of hydrogen-bond donors (Lipinski definition) is 2. The van der Waals surface area contributed by atoms with Gasteiger partial charge in [0.2, 0.25) is 11.8 Å². The molecule has 0 aliphatic carbocycles. The number of ether oxygens (including phenoxy) is 1. The number of fused-ring (bicyclic) bond motifs is 1. The van der Waals surface area contributed by atoms with E-state index in [-0.39, 0.29) is 31.4 Å². The molecule has 1 aromatic heterocycles. The number of anilines is 2. The van der Waals surface area contributed by atoms with E-state index in [9.17, 15) is 14.4 Å². The average molecular weight is 397 g/mol. The van der Waals surface area contributed by atoms with Crippen LogP contribution in [0.4, 0.5) is 11.4 Å². The number of nitrogens with one attached hydrogen (secondary N) is 2. The molecule has 0 spiro atoms. The minimum atomic E-state index is -0.488. The van der Waals surface area contributed by atoms with Crippen LogP contribution in [-0.2, 0) is 20.9 Å². The molecule has 8 nitrogen and oxygen atoms in total. The van der Waals surface area contributed by atoms with Crippen LogP contribution in [0.2, 0.25) is 0 Å². The Hall–Kier alpha value is -3.39. The first-order valence-corrected chi connectivity index (χ1v) is 9.16. The Morgan fingerprint density at radius 2 is 1.86 bits per heavy atom. The van der Waals surface area contributed by atoms with Crippen molar-refractivity contribution in [2.24, 2.45) is 0 Å². The quantitative estimate of drug-likeness (QED) is 0.638. The lowest BCUT2D eigenvalue weighted by molar-refractivity contribution is -0.119. The number of carbonyl (C=O) groups excluding carboxylic acids is 2. The predicted molar refractivity (Wildman–Crippen MR) is 110 cm³/mol. The molecule has 0 unspecified atom stereocenters. The van der Waals surface area contributed by atoms with Crippen molar-refractivity contribution in [1.82, 2.24) is 4.57 Å². The summed E-state index contributed by atoms with van der Waals surface area (Å²) in [6.45, 7) is 3.93. The van der Waals surface area contributed by atoms with Crippen LogP contribution in [0.5, 0.6) is 0 Å². The molecule has 2 N–H and O–H groups in total. The minimum absolute atomic E-state index is 0.0531. The van der Waals surface area contributed by atoms with E-state index >= 15 is 0 Å². The number of amides is 2. The Morgan fingerprint density at radius 1 is 1.07 bits per heavy atom. The van der Waals surface area contributed by atoms with Gasteiger partial charge >= 0.3 is 5.76 Å². The largest absolute Gasteiger partial charge is 0.419 e. The fourth-order valence-electron chi connectivity index (χ4n) is 2.97. The summed E-state index contributed by atoms with van der Waals surface area (Å²) in [4.78, 5) is 36.2. The second-order valence-corrected chi connectivity index (χ2v) is 6.80. The molecule has 1 heterocycles. The van der Waals surface area contributed by atoms with Crippen molar-refractivity contribution in [3.05, 3.63) is 58.1 Å². The third kappa shape index (κ3) is 4.91. The van der Waals surface area contributed by atoms with Gasteiger partial charge in [-0.05, 0) is 49.2 Å². The maximum absolute atomic E-state index is 12.4. The maximum atomic E-state index is 12.4. The Labute approximate surface area is 167 Å². The summed E-state index contributed by atoms with van der Waals surface area (Å²) in [7, 11) is 1.44. The highest BCUT2D eigenvalue weighted by Gasteiger charge is 2.12. The molecule has 0 aliphatic rings. The second-order valence-electron chi connectivity index (χ2n) is 6.80. The van der Waals surface area contributed by atoms with Crippen molar-refractivity contribution >= 4 is 34.3 Å². The lowest BCUT2D eigenvalue weighted by Crippen LogP contribution is -2.20. The van der Waals surface area contributed by atoms with Gasteiger partial charge in [-0.15, -0.1) is 0 Å². The third-order valence-corrected chi connectivity index (χ3v) is 4.46. The summed E-state index contributed by atoms with van der Waals surface area (Å²) >= 11 is 0. The molecule has 2 aromatic carbocycles. The average Bonchev–Trinajstić information content (AvgIpc) is 2.97. The summed E-state index contributed by atoms with van der Waals surface area (Å²) in [5, 5.41) is 5.53. The molecule has 2 amide bonds. The van der Waals surface area contributed by atoms with Crippen molar-refractivity contribution in [1.29, 1.82) is 0 Å². The van der Waals surface area contributed by atoms with Crippen LogP contribution in [0.15, 0.2) is 45.6 Å². The highest BCUT2D eigenvalue weighted by Crippen LogP contribution is 2.21. The topological polar surface area (TPSA) is 103 Å². The van der Waals surface area contributed by atoms with Gasteiger partial charge in [0.15, 0.2) is 5.58 Å². The zero-order valence-electron chi connectivity index (χ0n) is 16.6. The van der Waals surface area contributed by atoms with Crippen LogP contribution in [0.1, 0.15) is 17.5 Å². The molecule has 3 aromatic rings. The zero-order valence-corrected chi connectivity index (χ0v) is 16.6. The van der Waals surface area contributed by atoms with Gasteiger partial charge in [0.05, 0.1) is 5.52 Å². The van der Waals surface area contributed by atoms with Crippen molar-refractivity contribution in [3.63, 3.8) is 0 Å². The van der Waals surface area contributed by atoms with E-state index in [1.54, 1.807) is 24.3 Å². The Kier molecular flexibility index (Phi) is 6.13. The number of hydrogen-bond acceptors (Lipinski definition) is 5. The van der Waals surface area contributed by atoms with Gasteiger partial charge in [-0.3, -0.25) is 14.2 Å². The smallest absolute Gasteiger partial charge is 0.408 e. The van der Waals surface area contributed by atoms with Crippen LogP contribution in [0.25, 0.3) is 11.1 Å². The highest BCUT2D eigenvalue weighted by atomic mass is 16.5. The first-order chi connectivity index (χ1) is 13.9. The fraction of sp³-hybridized carbons (Fsp3) is 0.286. The van der Waals surface area contributed by atoms with Crippen molar-refractivity contribution in [2.75, 3.05) is 24.4 Å².